The highest BCUT2D eigenvalue weighted by atomic mass is 16.6. The van der Waals surface area contributed by atoms with Crippen molar-refractivity contribution < 1.29 is 14.5 Å². The summed E-state index contributed by atoms with van der Waals surface area (Å²) in [5, 5.41) is 13.8. The molecular weight excluding hydrogens is 236 g/mol. The molecule has 0 fully saturated rings. The second-order valence-corrected chi connectivity index (χ2v) is 3.94. The monoisotopic (exact) mass is 252 g/mol. The largest absolute Gasteiger partial charge is 0.469 e. The molecular formula is C12H16N2O4. The fraction of sp³-hybridized carbons (Fsp3) is 0.417. The summed E-state index contributed by atoms with van der Waals surface area (Å²) in [4.78, 5) is 21.5. The van der Waals surface area contributed by atoms with Gasteiger partial charge in [0.15, 0.2) is 0 Å². The summed E-state index contributed by atoms with van der Waals surface area (Å²) in [6.45, 7) is 2.50. The molecule has 6 nitrogen and oxygen atoms in total. The molecule has 1 atom stereocenters. The van der Waals surface area contributed by atoms with Crippen molar-refractivity contribution in [3.8, 4) is 0 Å². The Kier molecular flexibility index (Phi) is 5.26. The maximum absolute atomic E-state index is 11.2. The fourth-order valence-electron chi connectivity index (χ4n) is 1.55. The number of benzene rings is 1. The van der Waals surface area contributed by atoms with Crippen molar-refractivity contribution in [3.05, 3.63) is 39.9 Å². The Morgan fingerprint density at radius 1 is 1.50 bits per heavy atom. The Labute approximate surface area is 105 Å². The van der Waals surface area contributed by atoms with Crippen LogP contribution in [0.4, 0.5) is 5.69 Å². The number of hydrogen-bond acceptors (Lipinski definition) is 5. The van der Waals surface area contributed by atoms with Gasteiger partial charge < -0.3 is 10.1 Å². The minimum Gasteiger partial charge on any atom is -0.469 e. The van der Waals surface area contributed by atoms with Crippen LogP contribution in [0.2, 0.25) is 0 Å². The van der Waals surface area contributed by atoms with Crippen LogP contribution in [0.15, 0.2) is 24.3 Å². The molecule has 0 aliphatic rings. The third kappa shape index (κ3) is 3.81. The summed E-state index contributed by atoms with van der Waals surface area (Å²) in [7, 11) is 1.33. The van der Waals surface area contributed by atoms with Gasteiger partial charge in [-0.3, -0.25) is 14.9 Å². The van der Waals surface area contributed by atoms with E-state index >= 15 is 0 Å². The topological polar surface area (TPSA) is 81.5 Å². The highest BCUT2D eigenvalue weighted by Crippen LogP contribution is 2.17. The minimum absolute atomic E-state index is 0.0794. The standard InChI is InChI=1S/C12H16N2O4/c1-9(12(15)18-2)7-13-8-10-5-3-4-6-11(10)14(16)17/h3-6,9,13H,7-8H2,1-2H3. The first-order valence-electron chi connectivity index (χ1n) is 5.57. The molecule has 0 aliphatic heterocycles. The zero-order valence-electron chi connectivity index (χ0n) is 10.4. The van der Waals surface area contributed by atoms with Crippen molar-refractivity contribution >= 4 is 11.7 Å². The van der Waals surface area contributed by atoms with E-state index in [4.69, 9.17) is 0 Å². The van der Waals surface area contributed by atoms with Crippen LogP contribution < -0.4 is 5.32 Å². The second-order valence-electron chi connectivity index (χ2n) is 3.94. The van der Waals surface area contributed by atoms with E-state index in [0.717, 1.165) is 0 Å². The van der Waals surface area contributed by atoms with Crippen LogP contribution in [0.3, 0.4) is 0 Å². The van der Waals surface area contributed by atoms with Gasteiger partial charge in [0.05, 0.1) is 18.0 Å². The van der Waals surface area contributed by atoms with Gasteiger partial charge in [0.2, 0.25) is 0 Å². The number of hydrogen-bond donors (Lipinski definition) is 1. The molecule has 0 amide bonds. The van der Waals surface area contributed by atoms with Gasteiger partial charge in [-0.15, -0.1) is 0 Å². The van der Waals surface area contributed by atoms with E-state index in [1.807, 2.05) is 0 Å². The predicted molar refractivity (Wildman–Crippen MR) is 66.0 cm³/mol. The van der Waals surface area contributed by atoms with Gasteiger partial charge in [-0.1, -0.05) is 25.1 Å². The van der Waals surface area contributed by atoms with Crippen molar-refractivity contribution in [1.29, 1.82) is 0 Å². The van der Waals surface area contributed by atoms with Gasteiger partial charge in [0.25, 0.3) is 5.69 Å². The number of ether oxygens (including phenoxy) is 1. The van der Waals surface area contributed by atoms with Crippen LogP contribution in [0, 0.1) is 16.0 Å². The molecule has 98 valence electrons. The molecule has 0 spiro atoms. The van der Waals surface area contributed by atoms with E-state index in [1.54, 1.807) is 25.1 Å². The maximum Gasteiger partial charge on any atom is 0.309 e. The van der Waals surface area contributed by atoms with Gasteiger partial charge >= 0.3 is 5.97 Å². The van der Waals surface area contributed by atoms with E-state index in [0.29, 0.717) is 18.7 Å². The van der Waals surface area contributed by atoms with Crippen LogP contribution in [0.5, 0.6) is 0 Å². The lowest BCUT2D eigenvalue weighted by Gasteiger charge is -2.10. The summed E-state index contributed by atoms with van der Waals surface area (Å²) in [5.41, 5.74) is 0.676. The molecule has 0 aliphatic carbocycles. The van der Waals surface area contributed by atoms with E-state index in [9.17, 15) is 14.9 Å². The Bertz CT molecular complexity index is 434. The smallest absolute Gasteiger partial charge is 0.309 e. The number of nitro groups is 1. The summed E-state index contributed by atoms with van der Waals surface area (Å²) >= 11 is 0. The maximum atomic E-state index is 11.2. The van der Waals surface area contributed by atoms with Gasteiger partial charge in [0, 0.05) is 24.7 Å². The Morgan fingerprint density at radius 2 is 2.17 bits per heavy atom. The van der Waals surface area contributed by atoms with E-state index < -0.39 is 4.92 Å². The third-order valence-corrected chi connectivity index (χ3v) is 2.56. The lowest BCUT2D eigenvalue weighted by atomic mass is 10.1. The number of nitro benzene ring substituents is 1. The molecule has 1 aromatic carbocycles. The normalized spacial score (nSPS) is 11.9. The lowest BCUT2D eigenvalue weighted by Crippen LogP contribution is -2.27. The summed E-state index contributed by atoms with van der Waals surface area (Å²) in [6.07, 6.45) is 0. The number of methoxy groups -OCH3 is 1. The number of nitrogens with one attached hydrogen (secondary N) is 1. The number of esters is 1. The molecule has 0 heterocycles. The SMILES string of the molecule is COC(=O)C(C)CNCc1ccccc1[N+](=O)[O-]. The molecule has 0 radical (unpaired) electrons. The van der Waals surface area contributed by atoms with Crippen molar-refractivity contribution in [2.75, 3.05) is 13.7 Å². The quantitative estimate of drug-likeness (QED) is 0.471. The summed E-state index contributed by atoms with van der Waals surface area (Å²) in [6, 6.07) is 6.52. The van der Waals surface area contributed by atoms with Crippen molar-refractivity contribution in [1.82, 2.24) is 5.32 Å². The minimum atomic E-state index is -0.416. The van der Waals surface area contributed by atoms with Crippen LogP contribution >= 0.6 is 0 Å². The average Bonchev–Trinajstić information content (AvgIpc) is 2.38. The van der Waals surface area contributed by atoms with Crippen LogP contribution in [-0.4, -0.2) is 24.5 Å². The van der Waals surface area contributed by atoms with Crippen molar-refractivity contribution in [2.24, 2.45) is 5.92 Å². The molecule has 0 saturated heterocycles. The number of para-hydroxylation sites is 1. The first-order valence-corrected chi connectivity index (χ1v) is 5.57. The molecule has 18 heavy (non-hydrogen) atoms. The van der Waals surface area contributed by atoms with Crippen molar-refractivity contribution in [2.45, 2.75) is 13.5 Å². The van der Waals surface area contributed by atoms with Crippen molar-refractivity contribution in [3.63, 3.8) is 0 Å². The number of carbonyl (C=O) groups excluding carboxylic acids is 1. The Balaban J connectivity index is 2.54. The molecule has 6 heteroatoms. The van der Waals surface area contributed by atoms with E-state index in [1.165, 1.54) is 13.2 Å². The average molecular weight is 252 g/mol. The molecule has 0 aromatic heterocycles. The highest BCUT2D eigenvalue weighted by molar-refractivity contribution is 5.72. The first-order chi connectivity index (χ1) is 8.56. The number of rotatable bonds is 6. The van der Waals surface area contributed by atoms with Gasteiger partial charge in [-0.25, -0.2) is 0 Å². The zero-order valence-corrected chi connectivity index (χ0v) is 10.4. The van der Waals surface area contributed by atoms with Crippen LogP contribution in [0.25, 0.3) is 0 Å². The second kappa shape index (κ2) is 6.70. The van der Waals surface area contributed by atoms with E-state index in [2.05, 4.69) is 10.1 Å². The van der Waals surface area contributed by atoms with Crippen LogP contribution in [0.1, 0.15) is 12.5 Å². The van der Waals surface area contributed by atoms with Crippen LogP contribution in [-0.2, 0) is 16.1 Å². The van der Waals surface area contributed by atoms with Gasteiger partial charge in [-0.2, -0.15) is 0 Å². The van der Waals surface area contributed by atoms with E-state index in [-0.39, 0.29) is 17.6 Å². The number of nitrogens with zero attached hydrogens (tertiary/aromatic N) is 1. The molecule has 1 N–H and O–H groups in total. The zero-order chi connectivity index (χ0) is 13.5. The first kappa shape index (κ1) is 14.1. The highest BCUT2D eigenvalue weighted by Gasteiger charge is 2.14. The molecule has 1 aromatic rings. The fourth-order valence-corrected chi connectivity index (χ4v) is 1.55. The Hall–Kier alpha value is -1.95. The van der Waals surface area contributed by atoms with Gasteiger partial charge in [-0.05, 0) is 0 Å². The summed E-state index contributed by atoms with van der Waals surface area (Å²) in [5.74, 6) is -0.581. The summed E-state index contributed by atoms with van der Waals surface area (Å²) < 4.78 is 4.59. The number of carbonyl (C=O) groups is 1. The third-order valence-electron chi connectivity index (χ3n) is 2.56. The predicted octanol–water partition coefficient (Wildman–Crippen LogP) is 1.49. The molecule has 1 unspecified atom stereocenters. The molecule has 1 rings (SSSR count). The molecule has 0 saturated carbocycles. The van der Waals surface area contributed by atoms with Gasteiger partial charge in [0.1, 0.15) is 0 Å². The lowest BCUT2D eigenvalue weighted by molar-refractivity contribution is -0.385. The Morgan fingerprint density at radius 3 is 2.78 bits per heavy atom. The molecule has 0 bridgehead atoms.